The summed E-state index contributed by atoms with van der Waals surface area (Å²) in [5, 5.41) is 16.9. The van der Waals surface area contributed by atoms with Crippen molar-refractivity contribution in [2.75, 3.05) is 0 Å². The summed E-state index contributed by atoms with van der Waals surface area (Å²) in [6.45, 7) is 5.21. The maximum atomic E-state index is 5.14. The predicted molar refractivity (Wildman–Crippen MR) is 162 cm³/mol. The van der Waals surface area contributed by atoms with Crippen LogP contribution in [0, 0.1) is 6.92 Å². The van der Waals surface area contributed by atoms with Gasteiger partial charge in [-0.15, -0.1) is 21.5 Å². The normalized spacial score (nSPS) is 13.9. The van der Waals surface area contributed by atoms with Gasteiger partial charge in [0.25, 0.3) is 0 Å². The fourth-order valence-corrected chi connectivity index (χ4v) is 6.66. The number of H-pyrrole nitrogens is 1. The Morgan fingerprint density at radius 3 is 2.67 bits per heavy atom. The number of aryl methyl sites for hydroxylation is 4. The van der Waals surface area contributed by atoms with Gasteiger partial charge in [-0.25, -0.2) is 4.98 Å². The maximum Gasteiger partial charge on any atom is 0.198 e. The summed E-state index contributed by atoms with van der Waals surface area (Å²) >= 11 is 1.78. The molecule has 0 bridgehead atoms. The van der Waals surface area contributed by atoms with Gasteiger partial charge >= 0.3 is 0 Å². The number of hydrogen-bond acceptors (Lipinski definition) is 5. The number of nitrogens with one attached hydrogen (secondary N) is 1. The van der Waals surface area contributed by atoms with E-state index in [-0.39, 0.29) is 0 Å². The largest absolute Gasteiger partial charge is 0.323 e. The lowest BCUT2D eigenvalue weighted by atomic mass is 9.92. The summed E-state index contributed by atoms with van der Waals surface area (Å²) in [6.07, 6.45) is 6.05. The summed E-state index contributed by atoms with van der Waals surface area (Å²) in [7, 11) is 0. The van der Waals surface area contributed by atoms with Gasteiger partial charge in [0, 0.05) is 17.8 Å². The van der Waals surface area contributed by atoms with Gasteiger partial charge < -0.3 is 4.57 Å². The van der Waals surface area contributed by atoms with Crippen LogP contribution in [0.15, 0.2) is 72.1 Å². The molecule has 3 heterocycles. The first-order valence-electron chi connectivity index (χ1n) is 13.9. The highest BCUT2D eigenvalue weighted by atomic mass is 32.1. The molecule has 3 aromatic carbocycles. The summed E-state index contributed by atoms with van der Waals surface area (Å²) in [5.74, 6) is 1.75. The van der Waals surface area contributed by atoms with Crippen LogP contribution in [0.1, 0.15) is 58.4 Å². The summed E-state index contributed by atoms with van der Waals surface area (Å²) in [6, 6.07) is 24.5. The van der Waals surface area contributed by atoms with Crippen molar-refractivity contribution in [2.45, 2.75) is 46.1 Å². The summed E-state index contributed by atoms with van der Waals surface area (Å²) in [5.41, 5.74) is 12.4. The standard InChI is InChI=1S/C33H30N6S/c1-3-7-32-34-33-21(2)16-25(30-10-6-15-40-30)18-29(33)39(32)20-22-11-14-27-24(17-22)13-12-23-8-4-5-9-26(23)28(27)19-31-35-37-38-36-31/h4-6,8-11,14-19H,3,7,12-13,20H2,1-2H3,(H,35,36,37,38)/b28-19+. The lowest BCUT2D eigenvalue weighted by Gasteiger charge is -2.15. The molecule has 0 radical (unpaired) electrons. The van der Waals surface area contributed by atoms with Crippen molar-refractivity contribution in [3.8, 4) is 10.4 Å². The van der Waals surface area contributed by atoms with E-state index < -0.39 is 0 Å². The van der Waals surface area contributed by atoms with Crippen LogP contribution in [0.2, 0.25) is 0 Å². The molecule has 0 spiro atoms. The zero-order chi connectivity index (χ0) is 27.1. The van der Waals surface area contributed by atoms with Gasteiger partial charge in [-0.2, -0.15) is 5.21 Å². The molecule has 3 aromatic heterocycles. The quantitative estimate of drug-likeness (QED) is 0.240. The van der Waals surface area contributed by atoms with E-state index in [9.17, 15) is 0 Å². The number of aromatic nitrogens is 6. The second-order valence-electron chi connectivity index (χ2n) is 10.5. The van der Waals surface area contributed by atoms with Gasteiger partial charge in [0.2, 0.25) is 0 Å². The van der Waals surface area contributed by atoms with Gasteiger partial charge in [-0.3, -0.25) is 0 Å². The van der Waals surface area contributed by atoms with Crippen LogP contribution >= 0.6 is 11.3 Å². The fraction of sp³-hybridized carbons (Fsp3) is 0.212. The number of fused-ring (bicyclic) bond motifs is 3. The third kappa shape index (κ3) is 4.46. The Bertz CT molecular complexity index is 1840. The molecule has 1 aliphatic rings. The van der Waals surface area contributed by atoms with Crippen LogP contribution in [0.4, 0.5) is 0 Å². The number of rotatable bonds is 6. The average molecular weight is 543 g/mol. The van der Waals surface area contributed by atoms with Crippen LogP contribution in [0.5, 0.6) is 0 Å². The number of aromatic amines is 1. The van der Waals surface area contributed by atoms with E-state index in [2.05, 4.69) is 111 Å². The Hall–Kier alpha value is -4.36. The maximum absolute atomic E-state index is 5.14. The number of thiophene rings is 1. The molecule has 6 nitrogen and oxygen atoms in total. The molecular weight excluding hydrogens is 512 g/mol. The number of benzene rings is 3. The first-order chi connectivity index (χ1) is 19.7. The number of nitrogens with zero attached hydrogens (tertiary/aromatic N) is 5. The Balaban J connectivity index is 1.33. The van der Waals surface area contributed by atoms with Crippen molar-refractivity contribution in [2.24, 2.45) is 0 Å². The third-order valence-electron chi connectivity index (χ3n) is 7.81. The summed E-state index contributed by atoms with van der Waals surface area (Å²) in [4.78, 5) is 6.43. The Kier molecular flexibility index (Phi) is 6.36. The van der Waals surface area contributed by atoms with E-state index in [1.807, 2.05) is 6.08 Å². The van der Waals surface area contributed by atoms with Gasteiger partial charge in [-0.05, 0) is 106 Å². The molecule has 7 heteroatoms. The van der Waals surface area contributed by atoms with Gasteiger partial charge in [-0.1, -0.05) is 55.5 Å². The highest BCUT2D eigenvalue weighted by Crippen LogP contribution is 2.36. The van der Waals surface area contributed by atoms with Gasteiger partial charge in [0.15, 0.2) is 5.82 Å². The molecule has 0 saturated carbocycles. The Morgan fingerprint density at radius 1 is 0.975 bits per heavy atom. The molecule has 0 amide bonds. The highest BCUT2D eigenvalue weighted by Gasteiger charge is 2.20. The van der Waals surface area contributed by atoms with Crippen LogP contribution in [-0.2, 0) is 25.8 Å². The Morgan fingerprint density at radius 2 is 1.85 bits per heavy atom. The molecule has 198 valence electrons. The first kappa shape index (κ1) is 24.7. The van der Waals surface area contributed by atoms with Crippen molar-refractivity contribution in [3.05, 3.63) is 117 Å². The lowest BCUT2D eigenvalue weighted by molar-refractivity contribution is 0.721. The van der Waals surface area contributed by atoms with Gasteiger partial charge in [0.05, 0.1) is 11.0 Å². The molecule has 0 aliphatic heterocycles. The average Bonchev–Trinajstić information content (AvgIpc) is 3.73. The van der Waals surface area contributed by atoms with E-state index >= 15 is 0 Å². The van der Waals surface area contributed by atoms with E-state index in [4.69, 9.17) is 4.98 Å². The number of hydrogen-bond donors (Lipinski definition) is 1. The van der Waals surface area contributed by atoms with Crippen molar-refractivity contribution in [3.63, 3.8) is 0 Å². The van der Waals surface area contributed by atoms with E-state index in [1.165, 1.54) is 49.3 Å². The zero-order valence-corrected chi connectivity index (χ0v) is 23.5. The molecule has 0 atom stereocenters. The van der Waals surface area contributed by atoms with E-state index in [0.717, 1.165) is 49.1 Å². The molecule has 0 unspecified atom stereocenters. The van der Waals surface area contributed by atoms with Gasteiger partial charge in [0.1, 0.15) is 5.82 Å². The number of tetrazole rings is 1. The van der Waals surface area contributed by atoms with Crippen LogP contribution in [0.25, 0.3) is 33.1 Å². The zero-order valence-electron chi connectivity index (χ0n) is 22.7. The monoisotopic (exact) mass is 542 g/mol. The third-order valence-corrected chi connectivity index (χ3v) is 8.73. The minimum absolute atomic E-state index is 0.590. The highest BCUT2D eigenvalue weighted by molar-refractivity contribution is 7.13. The van der Waals surface area contributed by atoms with Crippen molar-refractivity contribution >= 4 is 34.0 Å². The SMILES string of the molecule is CCCc1nc2c(C)cc(-c3cccs3)cc2n1Cc1ccc2c(c1)CCc1ccccc1/C2=C\c1nn[nH]n1. The second kappa shape index (κ2) is 10.3. The molecule has 0 saturated heterocycles. The molecule has 0 fully saturated rings. The van der Waals surface area contributed by atoms with Crippen molar-refractivity contribution in [1.82, 2.24) is 30.2 Å². The fourth-order valence-electron chi connectivity index (χ4n) is 5.94. The van der Waals surface area contributed by atoms with Crippen LogP contribution < -0.4 is 0 Å². The molecular formula is C33H30N6S. The number of imidazole rings is 1. The van der Waals surface area contributed by atoms with E-state index in [0.29, 0.717) is 5.82 Å². The van der Waals surface area contributed by atoms with Crippen molar-refractivity contribution in [1.29, 1.82) is 0 Å². The lowest BCUT2D eigenvalue weighted by Crippen LogP contribution is -2.06. The van der Waals surface area contributed by atoms with Crippen molar-refractivity contribution < 1.29 is 0 Å². The Labute approximate surface area is 237 Å². The molecule has 40 heavy (non-hydrogen) atoms. The smallest absolute Gasteiger partial charge is 0.198 e. The molecule has 1 N–H and O–H groups in total. The molecule has 1 aliphatic carbocycles. The van der Waals surface area contributed by atoms with E-state index in [1.54, 1.807) is 11.3 Å². The second-order valence-corrected chi connectivity index (χ2v) is 11.4. The minimum Gasteiger partial charge on any atom is -0.323 e. The first-order valence-corrected chi connectivity index (χ1v) is 14.7. The predicted octanol–water partition coefficient (Wildman–Crippen LogP) is 7.27. The minimum atomic E-state index is 0.590. The van der Waals surface area contributed by atoms with Crippen LogP contribution in [0.3, 0.4) is 0 Å². The molecule has 6 aromatic rings. The summed E-state index contributed by atoms with van der Waals surface area (Å²) < 4.78 is 2.44. The topological polar surface area (TPSA) is 72.3 Å². The van der Waals surface area contributed by atoms with Crippen LogP contribution in [-0.4, -0.2) is 30.2 Å². The molecule has 7 rings (SSSR count).